The maximum atomic E-state index is 13.3. The number of hydrogen-bond acceptors (Lipinski definition) is 7. The van der Waals surface area contributed by atoms with Crippen molar-refractivity contribution in [2.24, 2.45) is 10.7 Å². The van der Waals surface area contributed by atoms with Gasteiger partial charge in [0, 0.05) is 5.70 Å². The number of allylic oxidation sites excluding steroid dienone is 2. The Labute approximate surface area is 197 Å². The molecular weight excluding hydrogens is 436 g/mol. The van der Waals surface area contributed by atoms with Crippen LogP contribution in [-0.4, -0.2) is 29.7 Å². The molecule has 0 fully saturated rings. The number of benzene rings is 2. The zero-order valence-corrected chi connectivity index (χ0v) is 19.7. The number of methoxy groups -OCH3 is 1. The molecule has 2 N–H and O–H groups in total. The Balaban J connectivity index is 1.98. The molecule has 0 saturated carbocycles. The molecule has 0 aromatic heterocycles. The number of aliphatic imine (C=N–C) groups is 1. The number of carbonyl (C=O) groups excluding carboxylic acids is 2. The molecule has 1 aliphatic heterocycles. The fraction of sp³-hybridized carbons (Fsp3) is 0.200. The summed E-state index contributed by atoms with van der Waals surface area (Å²) in [5.41, 5.74) is 9.44. The molecule has 1 heterocycles. The van der Waals surface area contributed by atoms with Gasteiger partial charge in [-0.25, -0.2) is 4.99 Å². The summed E-state index contributed by atoms with van der Waals surface area (Å²) in [6.07, 6.45) is 1.69. The number of thioether (sulfide) groups is 1. The van der Waals surface area contributed by atoms with Gasteiger partial charge in [0.2, 0.25) is 0 Å². The van der Waals surface area contributed by atoms with E-state index in [-0.39, 0.29) is 28.6 Å². The second kappa shape index (κ2) is 10.2. The molecule has 33 heavy (non-hydrogen) atoms. The molecule has 0 atom stereocenters. The number of Topliss-reactive ketones (excluding diaryl/α,β-unsaturated/α-hetero) is 1. The number of ketones is 1. The summed E-state index contributed by atoms with van der Waals surface area (Å²) in [6, 6.07) is 14.9. The molecule has 3 rings (SSSR count). The van der Waals surface area contributed by atoms with Gasteiger partial charge in [0.15, 0.2) is 11.0 Å². The number of rotatable bonds is 6. The summed E-state index contributed by atoms with van der Waals surface area (Å²) < 4.78 is 5.18. The number of carbonyl (C=O) groups is 2. The highest BCUT2D eigenvalue weighted by atomic mass is 32.2. The normalized spacial score (nSPS) is 15.2. The van der Waals surface area contributed by atoms with E-state index in [2.05, 4.69) is 4.99 Å². The molecule has 0 bridgehead atoms. The molecule has 8 heteroatoms. The first-order chi connectivity index (χ1) is 15.7. The molecular formula is C25H24N4O3S. The first-order valence-corrected chi connectivity index (χ1v) is 11.1. The number of anilines is 1. The Morgan fingerprint density at radius 2 is 1.85 bits per heavy atom. The van der Waals surface area contributed by atoms with E-state index in [1.165, 1.54) is 11.8 Å². The van der Waals surface area contributed by atoms with Gasteiger partial charge in [-0.05, 0) is 67.8 Å². The van der Waals surface area contributed by atoms with Gasteiger partial charge >= 0.3 is 0 Å². The van der Waals surface area contributed by atoms with Crippen molar-refractivity contribution in [3.05, 3.63) is 76.1 Å². The Bertz CT molecular complexity index is 1210. The summed E-state index contributed by atoms with van der Waals surface area (Å²) in [4.78, 5) is 31.8. The zero-order chi connectivity index (χ0) is 24.1. The first kappa shape index (κ1) is 23.8. The van der Waals surface area contributed by atoms with Crippen LogP contribution in [0.4, 0.5) is 5.69 Å². The van der Waals surface area contributed by atoms with E-state index in [1.807, 2.05) is 50.2 Å². The number of amidine groups is 1. The monoisotopic (exact) mass is 460 g/mol. The molecule has 0 aliphatic carbocycles. The standard InChI is InChI=1S/C25H24N4O3S/c1-15-9-16(2)11-19(10-15)29-24(31)22(12-18-5-7-20(32-4)8-6-18)28-25(29)33-14-23(30)21(13-26)17(3)27/h5-12H,14,27H2,1-4H3/b21-17-,22-12+. The average molecular weight is 461 g/mol. The lowest BCUT2D eigenvalue weighted by Gasteiger charge is -2.19. The predicted molar refractivity (Wildman–Crippen MR) is 132 cm³/mol. The lowest BCUT2D eigenvalue weighted by Crippen LogP contribution is -2.31. The van der Waals surface area contributed by atoms with Crippen molar-refractivity contribution in [1.29, 1.82) is 5.26 Å². The fourth-order valence-electron chi connectivity index (χ4n) is 3.33. The number of nitrogens with two attached hydrogens (primary N) is 1. The molecule has 7 nitrogen and oxygen atoms in total. The highest BCUT2D eigenvalue weighted by Gasteiger charge is 2.33. The third-order valence-electron chi connectivity index (χ3n) is 4.83. The van der Waals surface area contributed by atoms with E-state index in [1.54, 1.807) is 25.3 Å². The lowest BCUT2D eigenvalue weighted by molar-refractivity contribution is -0.114. The third kappa shape index (κ3) is 5.51. The maximum Gasteiger partial charge on any atom is 0.283 e. The smallest absolute Gasteiger partial charge is 0.283 e. The van der Waals surface area contributed by atoms with Crippen LogP contribution in [0.5, 0.6) is 5.75 Å². The number of aryl methyl sites for hydroxylation is 2. The highest BCUT2D eigenvalue weighted by Crippen LogP contribution is 2.31. The number of ether oxygens (including phenoxy) is 1. The SMILES string of the molecule is COc1ccc(/C=C2/N=C(SCC(=O)/C(C#N)=C(/C)N)N(c3cc(C)cc(C)c3)C2=O)cc1. The van der Waals surface area contributed by atoms with Gasteiger partial charge in [-0.2, -0.15) is 5.26 Å². The van der Waals surface area contributed by atoms with Crippen molar-refractivity contribution in [2.75, 3.05) is 17.8 Å². The molecule has 1 amide bonds. The van der Waals surface area contributed by atoms with E-state index >= 15 is 0 Å². The van der Waals surface area contributed by atoms with Crippen LogP contribution in [-0.2, 0) is 9.59 Å². The third-order valence-corrected chi connectivity index (χ3v) is 5.77. The van der Waals surface area contributed by atoms with E-state index in [0.29, 0.717) is 16.6 Å². The topological polar surface area (TPSA) is 109 Å². The van der Waals surface area contributed by atoms with Crippen LogP contribution in [0.3, 0.4) is 0 Å². The molecule has 1 aliphatic rings. The Kier molecular flexibility index (Phi) is 7.36. The zero-order valence-electron chi connectivity index (χ0n) is 18.9. The lowest BCUT2D eigenvalue weighted by atomic mass is 10.1. The molecule has 168 valence electrons. The molecule has 0 saturated heterocycles. The van der Waals surface area contributed by atoms with Crippen molar-refractivity contribution in [3.63, 3.8) is 0 Å². The predicted octanol–water partition coefficient (Wildman–Crippen LogP) is 4.11. The molecule has 0 radical (unpaired) electrons. The van der Waals surface area contributed by atoms with E-state index < -0.39 is 5.78 Å². The van der Waals surface area contributed by atoms with Crippen molar-refractivity contribution < 1.29 is 14.3 Å². The fourth-order valence-corrected chi connectivity index (χ4v) is 4.22. The van der Waals surface area contributed by atoms with Gasteiger partial charge in [0.1, 0.15) is 23.1 Å². The minimum Gasteiger partial charge on any atom is -0.497 e. The van der Waals surface area contributed by atoms with Gasteiger partial charge in [-0.15, -0.1) is 0 Å². The van der Waals surface area contributed by atoms with Gasteiger partial charge in [-0.1, -0.05) is 30.0 Å². The summed E-state index contributed by atoms with van der Waals surface area (Å²) in [5, 5.41) is 9.57. The van der Waals surface area contributed by atoms with E-state index in [9.17, 15) is 14.9 Å². The van der Waals surface area contributed by atoms with Crippen LogP contribution in [0.1, 0.15) is 23.6 Å². The first-order valence-electron chi connectivity index (χ1n) is 10.1. The second-order valence-electron chi connectivity index (χ2n) is 7.57. The second-order valence-corrected chi connectivity index (χ2v) is 8.51. The van der Waals surface area contributed by atoms with Gasteiger partial charge in [-0.3, -0.25) is 14.5 Å². The molecule has 0 spiro atoms. The Hall–Kier alpha value is -3.83. The molecule has 2 aromatic rings. The summed E-state index contributed by atoms with van der Waals surface area (Å²) in [6.45, 7) is 5.41. The minimum absolute atomic E-state index is 0.0688. The van der Waals surface area contributed by atoms with Crippen LogP contribution in [0.25, 0.3) is 6.08 Å². The largest absolute Gasteiger partial charge is 0.497 e. The van der Waals surface area contributed by atoms with Crippen LogP contribution in [0.2, 0.25) is 0 Å². The van der Waals surface area contributed by atoms with Crippen LogP contribution < -0.4 is 15.4 Å². The quantitative estimate of drug-likeness (QED) is 0.513. The van der Waals surface area contributed by atoms with Crippen LogP contribution in [0.15, 0.2) is 64.4 Å². The van der Waals surface area contributed by atoms with Crippen LogP contribution >= 0.6 is 11.8 Å². The highest BCUT2D eigenvalue weighted by molar-refractivity contribution is 8.14. The number of amides is 1. The average Bonchev–Trinajstić information content (AvgIpc) is 3.07. The molecule has 0 unspecified atom stereocenters. The van der Waals surface area contributed by atoms with Crippen molar-refractivity contribution in [1.82, 2.24) is 0 Å². The molecule has 2 aromatic carbocycles. The number of hydrogen-bond donors (Lipinski definition) is 1. The van der Waals surface area contributed by atoms with Crippen molar-refractivity contribution in [2.45, 2.75) is 20.8 Å². The van der Waals surface area contributed by atoms with Crippen LogP contribution in [0, 0.1) is 25.2 Å². The van der Waals surface area contributed by atoms with Gasteiger partial charge < -0.3 is 10.5 Å². The summed E-state index contributed by atoms with van der Waals surface area (Å²) in [7, 11) is 1.59. The van der Waals surface area contributed by atoms with Crippen molar-refractivity contribution >= 4 is 40.4 Å². The summed E-state index contributed by atoms with van der Waals surface area (Å²) in [5.74, 6) is -0.0651. The summed E-state index contributed by atoms with van der Waals surface area (Å²) >= 11 is 1.10. The van der Waals surface area contributed by atoms with Crippen molar-refractivity contribution in [3.8, 4) is 11.8 Å². The minimum atomic E-state index is -0.411. The number of nitriles is 1. The number of nitrogens with zero attached hydrogens (tertiary/aromatic N) is 3. The van der Waals surface area contributed by atoms with E-state index in [0.717, 1.165) is 28.5 Å². The Morgan fingerprint density at radius 1 is 1.21 bits per heavy atom. The van der Waals surface area contributed by atoms with Gasteiger partial charge in [0.05, 0.1) is 18.6 Å². The van der Waals surface area contributed by atoms with Gasteiger partial charge in [0.25, 0.3) is 5.91 Å². The van der Waals surface area contributed by atoms with E-state index in [4.69, 9.17) is 10.5 Å². The maximum absolute atomic E-state index is 13.3. The Morgan fingerprint density at radius 3 is 2.39 bits per heavy atom.